The molecule has 152 valence electrons. The molecule has 1 saturated heterocycles. The van der Waals surface area contributed by atoms with Crippen LogP contribution in [0, 0.1) is 17.2 Å². The number of benzene rings is 2. The second-order valence-electron chi connectivity index (χ2n) is 6.84. The number of hydrogen-bond donors (Lipinski definition) is 2. The van der Waals surface area contributed by atoms with E-state index < -0.39 is 18.1 Å². The number of nitriles is 1. The fourth-order valence-electron chi connectivity index (χ4n) is 3.70. The third-order valence-corrected chi connectivity index (χ3v) is 5.19. The van der Waals surface area contributed by atoms with Crippen LogP contribution in [0.5, 0.6) is 11.5 Å². The molecule has 1 fully saturated rings. The molecule has 2 N–H and O–H groups in total. The van der Waals surface area contributed by atoms with Crippen LogP contribution in [0.15, 0.2) is 53.5 Å². The summed E-state index contributed by atoms with van der Waals surface area (Å²) >= 11 is 0. The van der Waals surface area contributed by atoms with Gasteiger partial charge in [0.25, 0.3) is 0 Å². The number of nitrogens with zero attached hydrogens (tertiary/aromatic N) is 3. The number of carboxylic acids is 1. The van der Waals surface area contributed by atoms with Crippen LogP contribution in [0.1, 0.15) is 11.1 Å². The lowest BCUT2D eigenvalue weighted by Gasteiger charge is -2.34. The molecule has 30 heavy (non-hydrogen) atoms. The molecule has 0 bridgehead atoms. The van der Waals surface area contributed by atoms with Gasteiger partial charge in [-0.25, -0.2) is 15.2 Å². The summed E-state index contributed by atoms with van der Waals surface area (Å²) in [4.78, 5) is 16.6. The number of hydrogen-bond acceptors (Lipinski definition) is 7. The Hall–Kier alpha value is -3.83. The first-order valence-corrected chi connectivity index (χ1v) is 9.34. The molecule has 2 heterocycles. The van der Waals surface area contributed by atoms with Crippen molar-refractivity contribution in [1.82, 2.24) is 10.4 Å². The van der Waals surface area contributed by atoms with Crippen LogP contribution in [-0.4, -0.2) is 48.7 Å². The third kappa shape index (κ3) is 3.25. The lowest BCUT2D eigenvalue weighted by atomic mass is 9.92. The number of carbonyl (C=O) groups is 1. The van der Waals surface area contributed by atoms with Crippen molar-refractivity contribution in [2.75, 3.05) is 20.8 Å². The molecule has 0 radical (unpaired) electrons. The zero-order chi connectivity index (χ0) is 21.3. The van der Waals surface area contributed by atoms with Gasteiger partial charge >= 0.3 is 5.97 Å². The maximum Gasteiger partial charge on any atom is 0.354 e. The molecular formula is C22H20N4O4. The zero-order valence-corrected chi connectivity index (χ0v) is 16.5. The fraction of sp³-hybridized carbons (Fsp3) is 0.227. The first-order chi connectivity index (χ1) is 14.6. The molecule has 0 saturated carbocycles. The summed E-state index contributed by atoms with van der Waals surface area (Å²) < 4.78 is 10.5. The van der Waals surface area contributed by atoms with Gasteiger partial charge in [0, 0.05) is 17.7 Å². The van der Waals surface area contributed by atoms with Crippen LogP contribution in [0.2, 0.25) is 0 Å². The molecule has 2 aromatic rings. The average molecular weight is 404 g/mol. The van der Waals surface area contributed by atoms with Crippen LogP contribution in [0.4, 0.5) is 0 Å². The van der Waals surface area contributed by atoms with E-state index in [1.165, 1.54) is 0 Å². The SMILES string of the molecule is COc1ccc(C2=C(c3ccc(OC)cc3)N3NCC(C#N)C3N=C2C(=O)O)cc1. The van der Waals surface area contributed by atoms with E-state index in [0.717, 1.165) is 5.56 Å². The molecule has 4 rings (SSSR count). The van der Waals surface area contributed by atoms with Crippen molar-refractivity contribution in [1.29, 1.82) is 5.26 Å². The Kier molecular flexibility index (Phi) is 5.12. The highest BCUT2D eigenvalue weighted by molar-refractivity contribution is 6.56. The van der Waals surface area contributed by atoms with Crippen molar-refractivity contribution in [2.24, 2.45) is 10.9 Å². The Bertz CT molecular complexity index is 1070. The Morgan fingerprint density at radius 1 is 1.10 bits per heavy atom. The molecule has 2 aromatic carbocycles. The van der Waals surface area contributed by atoms with E-state index in [-0.39, 0.29) is 5.71 Å². The highest BCUT2D eigenvalue weighted by Crippen LogP contribution is 2.39. The topological polar surface area (TPSA) is 107 Å². The summed E-state index contributed by atoms with van der Waals surface area (Å²) in [7, 11) is 3.16. The second kappa shape index (κ2) is 7.89. The Balaban J connectivity index is 1.96. The van der Waals surface area contributed by atoms with Crippen molar-refractivity contribution < 1.29 is 19.4 Å². The second-order valence-corrected chi connectivity index (χ2v) is 6.84. The first kappa shape index (κ1) is 19.5. The van der Waals surface area contributed by atoms with E-state index in [9.17, 15) is 15.2 Å². The predicted octanol–water partition coefficient (Wildman–Crippen LogP) is 2.40. The van der Waals surface area contributed by atoms with Crippen LogP contribution in [0.25, 0.3) is 11.3 Å². The van der Waals surface area contributed by atoms with E-state index in [4.69, 9.17) is 9.47 Å². The van der Waals surface area contributed by atoms with Crippen molar-refractivity contribution in [3.05, 3.63) is 59.7 Å². The van der Waals surface area contributed by atoms with Gasteiger partial charge in [-0.05, 0) is 42.0 Å². The number of fused-ring (bicyclic) bond motifs is 1. The van der Waals surface area contributed by atoms with E-state index in [1.807, 2.05) is 24.3 Å². The van der Waals surface area contributed by atoms with Gasteiger partial charge in [0.15, 0.2) is 11.9 Å². The monoisotopic (exact) mass is 404 g/mol. The zero-order valence-electron chi connectivity index (χ0n) is 16.5. The van der Waals surface area contributed by atoms with Gasteiger partial charge in [0.05, 0.1) is 26.0 Å². The first-order valence-electron chi connectivity index (χ1n) is 9.34. The van der Waals surface area contributed by atoms with Crippen LogP contribution < -0.4 is 14.9 Å². The highest BCUT2D eigenvalue weighted by Gasteiger charge is 2.42. The predicted molar refractivity (Wildman–Crippen MR) is 111 cm³/mol. The number of rotatable bonds is 5. The summed E-state index contributed by atoms with van der Waals surface area (Å²) in [6.07, 6.45) is -0.625. The number of hydrazine groups is 1. The maximum absolute atomic E-state index is 12.2. The van der Waals surface area contributed by atoms with E-state index in [0.29, 0.717) is 34.9 Å². The molecule has 8 heteroatoms. The van der Waals surface area contributed by atoms with Gasteiger partial charge in [-0.1, -0.05) is 12.1 Å². The molecule has 8 nitrogen and oxygen atoms in total. The summed E-state index contributed by atoms with van der Waals surface area (Å²) in [6, 6.07) is 16.7. The molecule has 0 aromatic heterocycles. The molecule has 2 atom stereocenters. The van der Waals surface area contributed by atoms with E-state index in [1.54, 1.807) is 43.5 Å². The molecule has 2 aliphatic rings. The van der Waals surface area contributed by atoms with Gasteiger partial charge in [-0.2, -0.15) is 5.26 Å². The average Bonchev–Trinajstić information content (AvgIpc) is 3.20. The smallest absolute Gasteiger partial charge is 0.354 e. The largest absolute Gasteiger partial charge is 0.497 e. The van der Waals surface area contributed by atoms with Crippen molar-refractivity contribution in [3.8, 4) is 17.6 Å². The molecule has 0 amide bonds. The minimum atomic E-state index is -1.14. The van der Waals surface area contributed by atoms with E-state index in [2.05, 4.69) is 16.5 Å². The molecule has 2 aliphatic heterocycles. The Morgan fingerprint density at radius 2 is 1.67 bits per heavy atom. The third-order valence-electron chi connectivity index (χ3n) is 5.19. The lowest BCUT2D eigenvalue weighted by Crippen LogP contribution is -2.41. The summed E-state index contributed by atoms with van der Waals surface area (Å²) in [5.41, 5.74) is 5.73. The van der Waals surface area contributed by atoms with Crippen LogP contribution in [0.3, 0.4) is 0 Å². The number of methoxy groups -OCH3 is 2. The number of aliphatic carboxylic acids is 1. The maximum atomic E-state index is 12.2. The van der Waals surface area contributed by atoms with Crippen molar-refractivity contribution >= 4 is 23.0 Å². The minimum absolute atomic E-state index is 0.0730. The summed E-state index contributed by atoms with van der Waals surface area (Å²) in [5, 5.41) is 21.3. The highest BCUT2D eigenvalue weighted by atomic mass is 16.5. The Labute approximate surface area is 173 Å². The van der Waals surface area contributed by atoms with Gasteiger partial charge in [0.1, 0.15) is 17.4 Å². The van der Waals surface area contributed by atoms with Crippen molar-refractivity contribution in [3.63, 3.8) is 0 Å². The summed E-state index contributed by atoms with van der Waals surface area (Å²) in [5.74, 6) is -0.258. The van der Waals surface area contributed by atoms with Crippen LogP contribution >= 0.6 is 0 Å². The Morgan fingerprint density at radius 3 is 2.17 bits per heavy atom. The standard InChI is InChI=1S/C22H20N4O4/c1-29-16-7-3-13(4-8-16)18-19(22(27)28)25-21-15(11-23)12-24-26(21)20(18)14-5-9-17(30-2)10-6-14/h3-10,15,21,24H,12H2,1-2H3,(H,27,28). The number of carboxylic acid groups (broad SMARTS) is 1. The van der Waals surface area contributed by atoms with Gasteiger partial charge in [0.2, 0.25) is 0 Å². The number of nitrogens with one attached hydrogen (secondary N) is 1. The van der Waals surface area contributed by atoms with Gasteiger partial charge < -0.3 is 14.6 Å². The van der Waals surface area contributed by atoms with Crippen molar-refractivity contribution in [2.45, 2.75) is 6.17 Å². The molecule has 2 unspecified atom stereocenters. The molecular weight excluding hydrogens is 384 g/mol. The molecule has 0 spiro atoms. The van der Waals surface area contributed by atoms with Crippen LogP contribution in [-0.2, 0) is 4.79 Å². The number of aliphatic imine (C=N–C) groups is 1. The van der Waals surface area contributed by atoms with Gasteiger partial charge in [-0.3, -0.25) is 5.01 Å². The summed E-state index contributed by atoms with van der Waals surface area (Å²) in [6.45, 7) is 0.382. The normalized spacial score (nSPS) is 20.3. The minimum Gasteiger partial charge on any atom is -0.497 e. The number of ether oxygens (including phenoxy) is 2. The molecule has 0 aliphatic carbocycles. The van der Waals surface area contributed by atoms with Gasteiger partial charge in [-0.15, -0.1) is 0 Å². The quantitative estimate of drug-likeness (QED) is 0.788. The lowest BCUT2D eigenvalue weighted by molar-refractivity contribution is -0.129. The fourth-order valence-corrected chi connectivity index (χ4v) is 3.70. The van der Waals surface area contributed by atoms with E-state index >= 15 is 0 Å².